The molecule has 1 atom stereocenters. The highest BCUT2D eigenvalue weighted by Gasteiger charge is 2.09. The summed E-state index contributed by atoms with van der Waals surface area (Å²) in [6, 6.07) is 14.2. The molecule has 0 radical (unpaired) electrons. The van der Waals surface area contributed by atoms with E-state index in [2.05, 4.69) is 28.9 Å². The molecule has 3 heteroatoms. The van der Waals surface area contributed by atoms with E-state index < -0.39 is 0 Å². The highest BCUT2D eigenvalue weighted by atomic mass is 79.9. The van der Waals surface area contributed by atoms with Gasteiger partial charge in [-0.3, -0.25) is 0 Å². The van der Waals surface area contributed by atoms with Gasteiger partial charge >= 0.3 is 0 Å². The van der Waals surface area contributed by atoms with Gasteiger partial charge in [0.2, 0.25) is 0 Å². The van der Waals surface area contributed by atoms with Gasteiger partial charge in [-0.25, -0.2) is 0 Å². The van der Waals surface area contributed by atoms with Crippen molar-refractivity contribution in [2.24, 2.45) is 5.73 Å². The highest BCUT2D eigenvalue weighted by Crippen LogP contribution is 2.27. The predicted octanol–water partition coefficient (Wildman–Crippen LogP) is 4.36. The van der Waals surface area contributed by atoms with Crippen LogP contribution in [-0.4, -0.2) is 0 Å². The maximum Gasteiger partial charge on any atom is 0.124 e. The molecule has 0 heterocycles. The first-order valence-electron chi connectivity index (χ1n) is 6.30. The second kappa shape index (κ2) is 6.22. The molecule has 2 aromatic carbocycles. The smallest absolute Gasteiger partial charge is 0.124 e. The largest absolute Gasteiger partial charge is 0.489 e. The summed E-state index contributed by atoms with van der Waals surface area (Å²) in [5, 5.41) is 0. The fourth-order valence-corrected chi connectivity index (χ4v) is 2.31. The maximum absolute atomic E-state index is 5.97. The Kier molecular flexibility index (Phi) is 4.61. The van der Waals surface area contributed by atoms with Crippen molar-refractivity contribution in [3.05, 3.63) is 63.6 Å². The van der Waals surface area contributed by atoms with Crippen LogP contribution >= 0.6 is 15.9 Å². The van der Waals surface area contributed by atoms with Gasteiger partial charge in [-0.15, -0.1) is 0 Å². The first-order valence-corrected chi connectivity index (χ1v) is 7.09. The van der Waals surface area contributed by atoms with Crippen molar-refractivity contribution < 1.29 is 4.74 Å². The van der Waals surface area contributed by atoms with Crippen LogP contribution in [0.1, 0.15) is 29.7 Å². The van der Waals surface area contributed by atoms with Crippen LogP contribution in [0.5, 0.6) is 5.75 Å². The quantitative estimate of drug-likeness (QED) is 0.908. The van der Waals surface area contributed by atoms with Gasteiger partial charge in [-0.2, -0.15) is 0 Å². The third kappa shape index (κ3) is 3.58. The SMILES string of the molecule is Cc1ccc([C@@H](C)N)c(OCc2ccccc2Br)c1. The molecule has 0 amide bonds. The van der Waals surface area contributed by atoms with Crippen LogP contribution in [0.25, 0.3) is 0 Å². The molecule has 0 aliphatic carbocycles. The molecule has 0 bridgehead atoms. The Bertz CT molecular complexity index is 566. The van der Waals surface area contributed by atoms with Gasteiger partial charge in [0.25, 0.3) is 0 Å². The normalized spacial score (nSPS) is 12.2. The molecule has 2 N–H and O–H groups in total. The van der Waals surface area contributed by atoms with Crippen LogP contribution < -0.4 is 10.5 Å². The summed E-state index contributed by atoms with van der Waals surface area (Å²) in [6.45, 7) is 4.55. The van der Waals surface area contributed by atoms with Crippen LogP contribution in [0.15, 0.2) is 46.9 Å². The van der Waals surface area contributed by atoms with Gasteiger partial charge < -0.3 is 10.5 Å². The third-order valence-electron chi connectivity index (χ3n) is 3.00. The van der Waals surface area contributed by atoms with E-state index >= 15 is 0 Å². The molecule has 2 rings (SSSR count). The van der Waals surface area contributed by atoms with E-state index in [0.29, 0.717) is 6.61 Å². The highest BCUT2D eigenvalue weighted by molar-refractivity contribution is 9.10. The Hall–Kier alpha value is -1.32. The molecule has 0 aliphatic heterocycles. The molecular formula is C16H18BrNO. The van der Waals surface area contributed by atoms with E-state index in [1.165, 1.54) is 5.56 Å². The van der Waals surface area contributed by atoms with E-state index in [-0.39, 0.29) is 6.04 Å². The van der Waals surface area contributed by atoms with Crippen LogP contribution in [0.2, 0.25) is 0 Å². The average Bonchev–Trinajstić information content (AvgIpc) is 2.37. The van der Waals surface area contributed by atoms with E-state index in [1.54, 1.807) is 0 Å². The fraction of sp³-hybridized carbons (Fsp3) is 0.250. The minimum absolute atomic E-state index is 0.0326. The number of nitrogens with two attached hydrogens (primary N) is 1. The Balaban J connectivity index is 2.19. The Morgan fingerprint density at radius 2 is 1.95 bits per heavy atom. The number of halogens is 1. The van der Waals surface area contributed by atoms with Crippen molar-refractivity contribution in [3.8, 4) is 5.75 Å². The molecule has 0 aromatic heterocycles. The van der Waals surface area contributed by atoms with Gasteiger partial charge in [0.05, 0.1) is 0 Å². The molecule has 2 aromatic rings. The van der Waals surface area contributed by atoms with E-state index in [0.717, 1.165) is 21.3 Å². The van der Waals surface area contributed by atoms with Gasteiger partial charge in [0.1, 0.15) is 12.4 Å². The summed E-state index contributed by atoms with van der Waals surface area (Å²) in [7, 11) is 0. The topological polar surface area (TPSA) is 35.2 Å². The molecule has 0 aliphatic rings. The molecule has 100 valence electrons. The van der Waals surface area contributed by atoms with Crippen molar-refractivity contribution in [1.29, 1.82) is 0 Å². The minimum atomic E-state index is -0.0326. The molecule has 0 fully saturated rings. The second-order valence-corrected chi connectivity index (χ2v) is 5.56. The zero-order valence-corrected chi connectivity index (χ0v) is 12.8. The van der Waals surface area contributed by atoms with Crippen molar-refractivity contribution in [2.45, 2.75) is 26.5 Å². The van der Waals surface area contributed by atoms with Crippen molar-refractivity contribution in [3.63, 3.8) is 0 Å². The molecule has 0 unspecified atom stereocenters. The van der Waals surface area contributed by atoms with Gasteiger partial charge in [-0.1, -0.05) is 46.3 Å². The Morgan fingerprint density at radius 3 is 2.63 bits per heavy atom. The first-order chi connectivity index (χ1) is 9.08. The molecule has 0 spiro atoms. The lowest BCUT2D eigenvalue weighted by Gasteiger charge is -2.15. The van der Waals surface area contributed by atoms with Crippen LogP contribution in [-0.2, 0) is 6.61 Å². The molecule has 0 saturated carbocycles. The number of hydrogen-bond donors (Lipinski definition) is 1. The summed E-state index contributed by atoms with van der Waals surface area (Å²) in [5.41, 5.74) is 9.31. The van der Waals surface area contributed by atoms with Gasteiger partial charge in [0, 0.05) is 21.6 Å². The maximum atomic E-state index is 5.97. The lowest BCUT2D eigenvalue weighted by Crippen LogP contribution is -2.08. The lowest BCUT2D eigenvalue weighted by molar-refractivity contribution is 0.300. The summed E-state index contributed by atoms with van der Waals surface area (Å²) in [5.74, 6) is 0.866. The zero-order chi connectivity index (χ0) is 13.8. The average molecular weight is 320 g/mol. The van der Waals surface area contributed by atoms with Crippen molar-refractivity contribution in [2.75, 3.05) is 0 Å². The van der Waals surface area contributed by atoms with E-state index in [1.807, 2.05) is 43.3 Å². The van der Waals surface area contributed by atoms with Crippen LogP contribution in [0.4, 0.5) is 0 Å². The predicted molar refractivity (Wildman–Crippen MR) is 82.3 cm³/mol. The van der Waals surface area contributed by atoms with Crippen molar-refractivity contribution >= 4 is 15.9 Å². The summed E-state index contributed by atoms with van der Waals surface area (Å²) < 4.78 is 7.00. The lowest BCUT2D eigenvalue weighted by atomic mass is 10.1. The first kappa shape index (κ1) is 14.1. The number of aryl methyl sites for hydroxylation is 1. The number of ether oxygens (including phenoxy) is 1. The number of hydrogen-bond acceptors (Lipinski definition) is 2. The summed E-state index contributed by atoms with van der Waals surface area (Å²) in [6.07, 6.45) is 0. The zero-order valence-electron chi connectivity index (χ0n) is 11.2. The Morgan fingerprint density at radius 1 is 1.21 bits per heavy atom. The Labute approximate surface area is 122 Å². The summed E-state index contributed by atoms with van der Waals surface area (Å²) >= 11 is 3.53. The monoisotopic (exact) mass is 319 g/mol. The third-order valence-corrected chi connectivity index (χ3v) is 3.77. The standard InChI is InChI=1S/C16H18BrNO/c1-11-7-8-14(12(2)18)16(9-11)19-10-13-5-3-4-6-15(13)17/h3-9,12H,10,18H2,1-2H3/t12-/m1/s1. The van der Waals surface area contributed by atoms with Gasteiger partial charge in [-0.05, 0) is 31.5 Å². The van der Waals surface area contributed by atoms with Crippen molar-refractivity contribution in [1.82, 2.24) is 0 Å². The number of benzene rings is 2. The molecule has 2 nitrogen and oxygen atoms in total. The molecule has 19 heavy (non-hydrogen) atoms. The van der Waals surface area contributed by atoms with E-state index in [9.17, 15) is 0 Å². The molecular weight excluding hydrogens is 302 g/mol. The minimum Gasteiger partial charge on any atom is -0.489 e. The van der Waals surface area contributed by atoms with Crippen LogP contribution in [0.3, 0.4) is 0 Å². The van der Waals surface area contributed by atoms with Crippen LogP contribution in [0, 0.1) is 6.92 Å². The second-order valence-electron chi connectivity index (χ2n) is 4.71. The summed E-state index contributed by atoms with van der Waals surface area (Å²) in [4.78, 5) is 0. The number of rotatable bonds is 4. The van der Waals surface area contributed by atoms with Gasteiger partial charge in [0.15, 0.2) is 0 Å². The fourth-order valence-electron chi connectivity index (χ4n) is 1.91. The van der Waals surface area contributed by atoms with E-state index in [4.69, 9.17) is 10.5 Å². The molecule has 0 saturated heterocycles.